The maximum Gasteiger partial charge on any atom is 0.344 e. The first-order chi connectivity index (χ1) is 13.5. The van der Waals surface area contributed by atoms with E-state index in [9.17, 15) is 9.90 Å². The van der Waals surface area contributed by atoms with Crippen LogP contribution in [0.25, 0.3) is 0 Å². The lowest BCUT2D eigenvalue weighted by Gasteiger charge is -2.36. The van der Waals surface area contributed by atoms with Crippen molar-refractivity contribution in [3.8, 4) is 11.8 Å². The summed E-state index contributed by atoms with van der Waals surface area (Å²) in [7, 11) is 0. The Kier molecular flexibility index (Phi) is 9.02. The molecule has 0 amide bonds. The van der Waals surface area contributed by atoms with Crippen molar-refractivity contribution in [1.82, 2.24) is 4.90 Å². The van der Waals surface area contributed by atoms with E-state index in [-0.39, 0.29) is 12.5 Å². The number of carbonyl (C=O) groups is 1. The van der Waals surface area contributed by atoms with Gasteiger partial charge in [0.25, 0.3) is 0 Å². The van der Waals surface area contributed by atoms with Crippen molar-refractivity contribution >= 4 is 5.97 Å². The summed E-state index contributed by atoms with van der Waals surface area (Å²) < 4.78 is 5.43. The molecule has 4 heteroatoms. The Hall–Kier alpha value is -1.83. The number of aliphatic hydroxyl groups is 1. The number of hydrogen-bond acceptors (Lipinski definition) is 4. The number of carbonyl (C=O) groups excluding carboxylic acids is 1. The van der Waals surface area contributed by atoms with Crippen LogP contribution in [0.2, 0.25) is 0 Å². The lowest BCUT2D eigenvalue weighted by molar-refractivity contribution is -0.174. The molecule has 1 N–H and O–H groups in total. The number of rotatable bonds is 8. The Morgan fingerprint density at radius 1 is 1.21 bits per heavy atom. The Bertz CT molecular complexity index is 655. The van der Waals surface area contributed by atoms with E-state index in [4.69, 9.17) is 4.74 Å². The monoisotopic (exact) mass is 385 g/mol. The van der Waals surface area contributed by atoms with Crippen LogP contribution in [0.1, 0.15) is 58.4 Å². The van der Waals surface area contributed by atoms with Crippen molar-refractivity contribution in [1.29, 1.82) is 0 Å². The maximum atomic E-state index is 12.9. The summed E-state index contributed by atoms with van der Waals surface area (Å²) >= 11 is 0. The zero-order valence-electron chi connectivity index (χ0n) is 17.6. The lowest BCUT2D eigenvalue weighted by Crippen LogP contribution is -2.45. The summed E-state index contributed by atoms with van der Waals surface area (Å²) in [6, 6.07) is 9.21. The molecule has 0 heterocycles. The summed E-state index contributed by atoms with van der Waals surface area (Å²) in [6.07, 6.45) is 4.91. The zero-order chi connectivity index (χ0) is 20.4. The molecule has 0 aromatic heterocycles. The van der Waals surface area contributed by atoms with Gasteiger partial charge in [0.2, 0.25) is 0 Å². The molecule has 1 saturated carbocycles. The lowest BCUT2D eigenvalue weighted by atomic mass is 9.73. The molecule has 1 aliphatic carbocycles. The molecule has 1 aromatic rings. The summed E-state index contributed by atoms with van der Waals surface area (Å²) in [5.74, 6) is 5.93. The molecule has 4 nitrogen and oxygen atoms in total. The summed E-state index contributed by atoms with van der Waals surface area (Å²) in [5, 5.41) is 11.4. The SMILES string of the molecule is CCN(CC#CCOC(=O)[C@](O)(c1ccccc1)C1CCCCC1)CC(C)C. The first-order valence-electron chi connectivity index (χ1n) is 10.6. The smallest absolute Gasteiger partial charge is 0.344 e. The van der Waals surface area contributed by atoms with Gasteiger partial charge in [-0.1, -0.05) is 82.2 Å². The van der Waals surface area contributed by atoms with Gasteiger partial charge in [-0.05, 0) is 30.9 Å². The van der Waals surface area contributed by atoms with Crippen molar-refractivity contribution in [2.75, 3.05) is 26.2 Å². The average molecular weight is 386 g/mol. The third-order valence-electron chi connectivity index (χ3n) is 5.49. The highest BCUT2D eigenvalue weighted by Gasteiger charge is 2.46. The Morgan fingerprint density at radius 2 is 1.89 bits per heavy atom. The zero-order valence-corrected chi connectivity index (χ0v) is 17.6. The van der Waals surface area contributed by atoms with Gasteiger partial charge in [0.05, 0.1) is 6.54 Å². The highest BCUT2D eigenvalue weighted by molar-refractivity contribution is 5.81. The van der Waals surface area contributed by atoms with Crippen molar-refractivity contribution < 1.29 is 14.6 Å². The van der Waals surface area contributed by atoms with Crippen molar-refractivity contribution in [2.24, 2.45) is 11.8 Å². The van der Waals surface area contributed by atoms with E-state index in [0.29, 0.717) is 18.0 Å². The number of benzene rings is 1. The van der Waals surface area contributed by atoms with E-state index in [2.05, 4.69) is 37.5 Å². The van der Waals surface area contributed by atoms with Crippen LogP contribution in [0.5, 0.6) is 0 Å². The van der Waals surface area contributed by atoms with Gasteiger partial charge in [0.15, 0.2) is 12.2 Å². The van der Waals surface area contributed by atoms with Crippen LogP contribution in [0.15, 0.2) is 30.3 Å². The van der Waals surface area contributed by atoms with Gasteiger partial charge in [0, 0.05) is 12.5 Å². The van der Waals surface area contributed by atoms with E-state index in [1.54, 1.807) is 0 Å². The molecule has 0 unspecified atom stereocenters. The van der Waals surface area contributed by atoms with Crippen LogP contribution in [0, 0.1) is 23.7 Å². The third-order valence-corrected chi connectivity index (χ3v) is 5.49. The number of hydrogen-bond donors (Lipinski definition) is 1. The summed E-state index contributed by atoms with van der Waals surface area (Å²) in [4.78, 5) is 15.2. The molecule has 1 fully saturated rings. The molecule has 0 saturated heterocycles. The van der Waals surface area contributed by atoms with Crippen molar-refractivity contribution in [2.45, 2.75) is 58.5 Å². The molecule has 1 aliphatic rings. The van der Waals surface area contributed by atoms with Gasteiger partial charge < -0.3 is 9.84 Å². The van der Waals surface area contributed by atoms with Gasteiger partial charge in [0.1, 0.15) is 0 Å². The minimum atomic E-state index is -1.59. The van der Waals surface area contributed by atoms with Crippen LogP contribution < -0.4 is 0 Å². The second-order valence-corrected chi connectivity index (χ2v) is 8.12. The van der Waals surface area contributed by atoms with Gasteiger partial charge in [-0.25, -0.2) is 4.79 Å². The van der Waals surface area contributed by atoms with Crippen molar-refractivity contribution in [3.63, 3.8) is 0 Å². The van der Waals surface area contributed by atoms with Gasteiger partial charge in [-0.15, -0.1) is 0 Å². The molecule has 0 radical (unpaired) electrons. The van der Waals surface area contributed by atoms with Gasteiger partial charge >= 0.3 is 5.97 Å². The number of nitrogens with zero attached hydrogens (tertiary/aromatic N) is 1. The van der Waals surface area contributed by atoms with Crippen LogP contribution >= 0.6 is 0 Å². The fraction of sp³-hybridized carbons (Fsp3) is 0.625. The molecule has 0 bridgehead atoms. The van der Waals surface area contributed by atoms with Crippen LogP contribution in [-0.4, -0.2) is 42.2 Å². The van der Waals surface area contributed by atoms with Crippen LogP contribution in [0.4, 0.5) is 0 Å². The minimum Gasteiger partial charge on any atom is -0.450 e. The third kappa shape index (κ3) is 6.09. The first-order valence-corrected chi connectivity index (χ1v) is 10.6. The average Bonchev–Trinajstić information content (AvgIpc) is 2.72. The van der Waals surface area contributed by atoms with E-state index in [0.717, 1.165) is 45.2 Å². The predicted molar refractivity (Wildman–Crippen MR) is 113 cm³/mol. The number of esters is 1. The second kappa shape index (κ2) is 11.2. The fourth-order valence-corrected chi connectivity index (χ4v) is 3.99. The van der Waals surface area contributed by atoms with Gasteiger partial charge in [-0.2, -0.15) is 0 Å². The molecule has 0 aliphatic heterocycles. The number of ether oxygens (including phenoxy) is 1. The van der Waals surface area contributed by atoms with E-state index in [1.165, 1.54) is 0 Å². The van der Waals surface area contributed by atoms with Gasteiger partial charge in [-0.3, -0.25) is 4.90 Å². The maximum absolute atomic E-state index is 12.9. The molecule has 1 aromatic carbocycles. The Morgan fingerprint density at radius 3 is 2.50 bits per heavy atom. The molecular weight excluding hydrogens is 350 g/mol. The van der Waals surface area contributed by atoms with E-state index >= 15 is 0 Å². The topological polar surface area (TPSA) is 49.8 Å². The molecular formula is C24H35NO3. The molecule has 1 atom stereocenters. The van der Waals surface area contributed by atoms with Crippen LogP contribution in [0.3, 0.4) is 0 Å². The Balaban J connectivity index is 2.01. The predicted octanol–water partition coefficient (Wildman–Crippen LogP) is 3.98. The molecule has 154 valence electrons. The molecule has 2 rings (SSSR count). The quantitative estimate of drug-likeness (QED) is 0.543. The van der Waals surface area contributed by atoms with E-state index < -0.39 is 11.6 Å². The van der Waals surface area contributed by atoms with Crippen molar-refractivity contribution in [3.05, 3.63) is 35.9 Å². The Labute approximate surface area is 170 Å². The second-order valence-electron chi connectivity index (χ2n) is 8.12. The molecule has 0 spiro atoms. The highest BCUT2D eigenvalue weighted by Crippen LogP contribution is 2.40. The molecule has 28 heavy (non-hydrogen) atoms. The normalized spacial score (nSPS) is 17.1. The standard InChI is InChI=1S/C24H35NO3/c1-4-25(19-20(2)3)17-11-12-18-28-23(26)24(27,21-13-7-5-8-14-21)22-15-9-6-10-16-22/h5,7-8,13-14,20,22,27H,4,6,9-10,15-19H2,1-3H3/t24-/m0/s1. The largest absolute Gasteiger partial charge is 0.450 e. The van der Waals surface area contributed by atoms with Crippen LogP contribution in [-0.2, 0) is 15.1 Å². The summed E-state index contributed by atoms with van der Waals surface area (Å²) in [5.41, 5.74) is -0.967. The fourth-order valence-electron chi connectivity index (χ4n) is 3.99. The minimum absolute atomic E-state index is 0.0138. The van der Waals surface area contributed by atoms with E-state index in [1.807, 2.05) is 30.3 Å². The summed E-state index contributed by atoms with van der Waals surface area (Å²) in [6.45, 7) is 9.12. The first kappa shape index (κ1) is 22.5. The highest BCUT2D eigenvalue weighted by atomic mass is 16.5.